The third-order valence-corrected chi connectivity index (χ3v) is 5.22. The highest BCUT2D eigenvalue weighted by molar-refractivity contribution is 5.54. The average Bonchev–Trinajstić information content (AvgIpc) is 2.61. The van der Waals surface area contributed by atoms with Crippen molar-refractivity contribution in [2.24, 2.45) is 0 Å². The molecule has 0 spiro atoms. The largest absolute Gasteiger partial charge is 0.388 e. The van der Waals surface area contributed by atoms with E-state index in [-0.39, 0.29) is 5.92 Å². The molecular weight excluding hydrogens is 260 g/mol. The van der Waals surface area contributed by atoms with E-state index in [0.717, 1.165) is 39.8 Å². The van der Waals surface area contributed by atoms with Crippen LogP contribution >= 0.6 is 0 Å². The summed E-state index contributed by atoms with van der Waals surface area (Å²) < 4.78 is 0. The minimum Gasteiger partial charge on any atom is -0.388 e. The molecule has 2 nitrogen and oxygen atoms in total. The van der Waals surface area contributed by atoms with Gasteiger partial charge < -0.3 is 10.2 Å². The Balaban J connectivity index is 2.08. The standard InChI is InChI=1S/C19H20O2/c1-11-4-6-16-15(9-11)18(20)14-7-8-19(16,21)17-10-12(2)3-5-13(14)17/h3-6,9-10,14,18,20-21H,7-8H2,1-2H3. The molecule has 0 fully saturated rings. The Morgan fingerprint density at radius 1 is 0.952 bits per heavy atom. The van der Waals surface area contributed by atoms with Crippen molar-refractivity contribution in [1.29, 1.82) is 0 Å². The van der Waals surface area contributed by atoms with Crippen molar-refractivity contribution in [2.75, 3.05) is 0 Å². The molecule has 2 aromatic rings. The van der Waals surface area contributed by atoms with Gasteiger partial charge in [-0.3, -0.25) is 0 Å². The second-order valence-corrected chi connectivity index (χ2v) is 6.63. The summed E-state index contributed by atoms with van der Waals surface area (Å²) >= 11 is 0. The molecule has 2 heteroatoms. The van der Waals surface area contributed by atoms with Crippen LogP contribution in [0, 0.1) is 13.8 Å². The molecule has 0 saturated carbocycles. The molecule has 108 valence electrons. The molecule has 3 aliphatic rings. The number of aliphatic hydroxyl groups excluding tert-OH is 1. The van der Waals surface area contributed by atoms with Crippen LogP contribution in [0.5, 0.6) is 0 Å². The number of fused-ring (bicyclic) bond motifs is 1. The van der Waals surface area contributed by atoms with E-state index in [2.05, 4.69) is 25.1 Å². The van der Waals surface area contributed by atoms with Gasteiger partial charge in [0.1, 0.15) is 5.60 Å². The molecule has 3 aliphatic carbocycles. The van der Waals surface area contributed by atoms with Crippen molar-refractivity contribution in [1.82, 2.24) is 0 Å². The quantitative estimate of drug-likeness (QED) is 0.776. The summed E-state index contributed by atoms with van der Waals surface area (Å²) in [4.78, 5) is 0. The highest BCUT2D eigenvalue weighted by Crippen LogP contribution is 2.54. The van der Waals surface area contributed by atoms with E-state index in [0.29, 0.717) is 6.42 Å². The summed E-state index contributed by atoms with van der Waals surface area (Å²) in [7, 11) is 0. The van der Waals surface area contributed by atoms with Crippen LogP contribution < -0.4 is 0 Å². The summed E-state index contributed by atoms with van der Waals surface area (Å²) in [6.45, 7) is 4.08. The first-order chi connectivity index (χ1) is 10.0. The molecule has 0 saturated heterocycles. The van der Waals surface area contributed by atoms with E-state index in [1.165, 1.54) is 0 Å². The maximum absolute atomic E-state index is 11.4. The Morgan fingerprint density at radius 2 is 1.67 bits per heavy atom. The summed E-state index contributed by atoms with van der Waals surface area (Å²) in [5.74, 6) is 0.0870. The van der Waals surface area contributed by atoms with Gasteiger partial charge in [-0.1, -0.05) is 47.5 Å². The molecule has 0 aliphatic heterocycles. The predicted octanol–water partition coefficient (Wildman–Crippen LogP) is 3.46. The van der Waals surface area contributed by atoms with Crippen molar-refractivity contribution in [3.8, 4) is 0 Å². The van der Waals surface area contributed by atoms with Gasteiger partial charge >= 0.3 is 0 Å². The molecular formula is C19H20O2. The average molecular weight is 280 g/mol. The number of rotatable bonds is 0. The summed E-state index contributed by atoms with van der Waals surface area (Å²) in [5, 5.41) is 22.3. The Morgan fingerprint density at radius 3 is 2.48 bits per heavy atom. The molecule has 0 amide bonds. The van der Waals surface area contributed by atoms with Gasteiger partial charge in [0, 0.05) is 5.92 Å². The van der Waals surface area contributed by atoms with Crippen molar-refractivity contribution in [3.63, 3.8) is 0 Å². The second-order valence-electron chi connectivity index (χ2n) is 6.63. The first kappa shape index (κ1) is 13.1. The minimum atomic E-state index is -0.960. The Hall–Kier alpha value is -1.64. The first-order valence-corrected chi connectivity index (χ1v) is 7.63. The maximum atomic E-state index is 11.4. The van der Waals surface area contributed by atoms with Crippen molar-refractivity contribution in [3.05, 3.63) is 69.8 Å². The highest BCUT2D eigenvalue weighted by atomic mass is 16.3. The van der Waals surface area contributed by atoms with Crippen LogP contribution in [0.2, 0.25) is 0 Å². The van der Waals surface area contributed by atoms with E-state index in [1.807, 2.05) is 25.1 Å². The van der Waals surface area contributed by atoms with Gasteiger partial charge in [0.2, 0.25) is 0 Å². The van der Waals surface area contributed by atoms with Gasteiger partial charge in [0.15, 0.2) is 0 Å². The van der Waals surface area contributed by atoms with Crippen LogP contribution in [0.25, 0.3) is 0 Å². The van der Waals surface area contributed by atoms with E-state index in [1.54, 1.807) is 0 Å². The van der Waals surface area contributed by atoms with Gasteiger partial charge in [0.05, 0.1) is 6.10 Å². The van der Waals surface area contributed by atoms with E-state index >= 15 is 0 Å². The lowest BCUT2D eigenvalue weighted by molar-refractivity contribution is 0.0562. The smallest absolute Gasteiger partial charge is 0.115 e. The van der Waals surface area contributed by atoms with Crippen LogP contribution in [-0.2, 0) is 5.60 Å². The second kappa shape index (κ2) is 4.19. The van der Waals surface area contributed by atoms with Gasteiger partial charge in [-0.2, -0.15) is 0 Å². The number of benzene rings is 2. The normalized spacial score (nSPS) is 29.7. The van der Waals surface area contributed by atoms with Crippen LogP contribution in [0.15, 0.2) is 36.4 Å². The van der Waals surface area contributed by atoms with Crippen molar-refractivity contribution >= 4 is 0 Å². The molecule has 0 heterocycles. The first-order valence-electron chi connectivity index (χ1n) is 7.63. The van der Waals surface area contributed by atoms with E-state index in [4.69, 9.17) is 0 Å². The zero-order chi connectivity index (χ0) is 14.8. The summed E-state index contributed by atoms with van der Waals surface area (Å²) in [6, 6.07) is 12.3. The number of aryl methyl sites for hydroxylation is 2. The van der Waals surface area contributed by atoms with Gasteiger partial charge in [-0.25, -0.2) is 0 Å². The van der Waals surface area contributed by atoms with Crippen LogP contribution in [0.4, 0.5) is 0 Å². The van der Waals surface area contributed by atoms with Gasteiger partial charge in [-0.05, 0) is 48.9 Å². The molecule has 2 bridgehead atoms. The van der Waals surface area contributed by atoms with Crippen LogP contribution in [0.3, 0.4) is 0 Å². The third kappa shape index (κ3) is 1.66. The molecule has 21 heavy (non-hydrogen) atoms. The lowest BCUT2D eigenvalue weighted by atomic mass is 9.73. The molecule has 3 unspecified atom stereocenters. The number of hydrogen-bond donors (Lipinski definition) is 2. The summed E-state index contributed by atoms with van der Waals surface area (Å²) in [6.07, 6.45) is 0.973. The number of aliphatic hydroxyl groups is 2. The van der Waals surface area contributed by atoms with Crippen molar-refractivity contribution in [2.45, 2.75) is 44.3 Å². The predicted molar refractivity (Wildman–Crippen MR) is 82.3 cm³/mol. The zero-order valence-corrected chi connectivity index (χ0v) is 12.4. The highest BCUT2D eigenvalue weighted by Gasteiger charge is 2.47. The lowest BCUT2D eigenvalue weighted by Gasteiger charge is -2.36. The Bertz CT molecular complexity index is 734. The van der Waals surface area contributed by atoms with Gasteiger partial charge in [-0.15, -0.1) is 0 Å². The van der Waals surface area contributed by atoms with Gasteiger partial charge in [0.25, 0.3) is 0 Å². The number of hydrogen-bond acceptors (Lipinski definition) is 2. The third-order valence-electron chi connectivity index (χ3n) is 5.22. The lowest BCUT2D eigenvalue weighted by Crippen LogP contribution is -2.31. The molecule has 3 atom stereocenters. The monoisotopic (exact) mass is 280 g/mol. The minimum absolute atomic E-state index is 0.0870. The molecule has 0 radical (unpaired) electrons. The fourth-order valence-corrected chi connectivity index (χ4v) is 4.13. The van der Waals surface area contributed by atoms with Crippen LogP contribution in [-0.4, -0.2) is 10.2 Å². The topological polar surface area (TPSA) is 40.5 Å². The van der Waals surface area contributed by atoms with Crippen molar-refractivity contribution < 1.29 is 10.2 Å². The molecule has 0 aromatic heterocycles. The SMILES string of the molecule is Cc1ccc2c(c1)C(O)C1CCC2(O)c2cc(C)ccc21. The molecule has 2 aromatic carbocycles. The fourth-order valence-electron chi connectivity index (χ4n) is 4.13. The fraction of sp³-hybridized carbons (Fsp3) is 0.368. The zero-order valence-electron chi connectivity index (χ0n) is 12.4. The Labute approximate surface area is 125 Å². The summed E-state index contributed by atoms with van der Waals surface area (Å²) in [5.41, 5.74) is 5.19. The maximum Gasteiger partial charge on any atom is 0.115 e. The molecule has 2 N–H and O–H groups in total. The Kier molecular flexibility index (Phi) is 2.60. The molecule has 5 rings (SSSR count). The van der Waals surface area contributed by atoms with E-state index < -0.39 is 11.7 Å². The van der Waals surface area contributed by atoms with Crippen LogP contribution in [0.1, 0.15) is 58.2 Å². The van der Waals surface area contributed by atoms with E-state index in [9.17, 15) is 10.2 Å².